The summed E-state index contributed by atoms with van der Waals surface area (Å²) in [5.41, 5.74) is 2.37. The number of aromatic hydroxyl groups is 1. The van der Waals surface area contributed by atoms with Gasteiger partial charge in [-0.1, -0.05) is 36.4 Å². The molecule has 7 heteroatoms. The fraction of sp³-hybridized carbons (Fsp3) is 0.125. The Hall–Kier alpha value is -2.64. The van der Waals surface area contributed by atoms with Crippen LogP contribution in [0.15, 0.2) is 53.6 Å². The largest absolute Gasteiger partial charge is 0.570 e. The van der Waals surface area contributed by atoms with E-state index in [0.717, 1.165) is 16.0 Å². The molecular formula is C16H15BN3O3-. The average Bonchev–Trinajstić information content (AvgIpc) is 2.81. The third-order valence-corrected chi connectivity index (χ3v) is 4.44. The predicted octanol–water partition coefficient (Wildman–Crippen LogP) is -0.0790. The highest BCUT2D eigenvalue weighted by atomic mass is 16.3. The summed E-state index contributed by atoms with van der Waals surface area (Å²) in [6.07, 6.45) is 2.01. The van der Waals surface area contributed by atoms with E-state index in [4.69, 9.17) is 0 Å². The summed E-state index contributed by atoms with van der Waals surface area (Å²) in [6.45, 7) is -2.39. The quantitative estimate of drug-likeness (QED) is 0.678. The first-order chi connectivity index (χ1) is 11.1. The monoisotopic (exact) mass is 308 g/mol. The van der Waals surface area contributed by atoms with Gasteiger partial charge < -0.3 is 20.3 Å². The number of hydrogen-bond donors (Lipinski definition) is 3. The van der Waals surface area contributed by atoms with Gasteiger partial charge in [0.2, 0.25) is 5.91 Å². The molecule has 0 spiro atoms. The highest BCUT2D eigenvalue weighted by Crippen LogP contribution is 2.23. The lowest BCUT2D eigenvalue weighted by Gasteiger charge is -2.40. The van der Waals surface area contributed by atoms with Crippen molar-refractivity contribution in [2.24, 2.45) is 5.10 Å². The lowest BCUT2D eigenvalue weighted by atomic mass is 9.57. The molecule has 1 fully saturated rings. The van der Waals surface area contributed by atoms with Crippen LogP contribution in [-0.4, -0.2) is 39.8 Å². The van der Waals surface area contributed by atoms with Gasteiger partial charge in [-0.2, -0.15) is 0 Å². The molecule has 4 rings (SSSR count). The maximum absolute atomic E-state index is 12.6. The molecule has 2 aromatic rings. The van der Waals surface area contributed by atoms with E-state index in [1.165, 1.54) is 0 Å². The summed E-state index contributed by atoms with van der Waals surface area (Å²) in [4.78, 5) is 13.7. The summed E-state index contributed by atoms with van der Waals surface area (Å²) < 4.78 is 0. The van der Waals surface area contributed by atoms with E-state index in [1.54, 1.807) is 36.5 Å². The molecular weight excluding hydrogens is 293 g/mol. The van der Waals surface area contributed by atoms with Crippen molar-refractivity contribution in [2.75, 3.05) is 0 Å². The van der Waals surface area contributed by atoms with E-state index in [2.05, 4.69) is 10.3 Å². The first-order valence-electron chi connectivity index (χ1n) is 7.48. The predicted molar refractivity (Wildman–Crippen MR) is 87.2 cm³/mol. The summed E-state index contributed by atoms with van der Waals surface area (Å²) >= 11 is 0. The summed E-state index contributed by atoms with van der Waals surface area (Å²) in [5, 5.41) is 27.6. The number of nitrogens with zero attached hydrogens (tertiary/aromatic N) is 2. The maximum Gasteiger partial charge on any atom is 0.334 e. The number of phenols is 1. The molecule has 3 N–H and O–H groups in total. The van der Waals surface area contributed by atoms with E-state index in [1.807, 2.05) is 18.2 Å². The molecule has 0 aliphatic carbocycles. The van der Waals surface area contributed by atoms with E-state index in [9.17, 15) is 14.9 Å². The van der Waals surface area contributed by atoms with Crippen LogP contribution in [0.1, 0.15) is 11.1 Å². The lowest BCUT2D eigenvalue weighted by molar-refractivity contribution is -0.127. The van der Waals surface area contributed by atoms with Crippen LogP contribution < -0.4 is 10.7 Å². The number of amides is 1. The maximum atomic E-state index is 12.6. The number of nitrogens with one attached hydrogen (secondary N) is 1. The number of fused-ring (bicyclic) bond motifs is 3. The van der Waals surface area contributed by atoms with Crippen molar-refractivity contribution in [3.05, 3.63) is 59.7 Å². The Balaban J connectivity index is 1.66. The Bertz CT molecular complexity index is 808. The minimum absolute atomic E-state index is 0.179. The van der Waals surface area contributed by atoms with Crippen LogP contribution in [0.3, 0.4) is 0 Å². The number of hydrogen-bond acceptors (Lipinski definition) is 5. The van der Waals surface area contributed by atoms with Crippen LogP contribution in [0.25, 0.3) is 0 Å². The van der Waals surface area contributed by atoms with Crippen molar-refractivity contribution in [3.63, 3.8) is 0 Å². The molecule has 1 amide bonds. The first-order valence-corrected chi connectivity index (χ1v) is 7.48. The molecule has 116 valence electrons. The van der Waals surface area contributed by atoms with Gasteiger partial charge in [0.15, 0.2) is 0 Å². The SMILES string of the molecule is O=C1[C@H](Cc2ccc(O)cc2)N[B@-]2(O)c3ccccc3C=NN12. The van der Waals surface area contributed by atoms with Gasteiger partial charge in [-0.3, -0.25) is 4.79 Å². The van der Waals surface area contributed by atoms with Crippen molar-refractivity contribution >= 4 is 24.2 Å². The fourth-order valence-electron chi connectivity index (χ4n) is 3.27. The van der Waals surface area contributed by atoms with Crippen LogP contribution in [0.4, 0.5) is 0 Å². The smallest absolute Gasteiger partial charge is 0.334 e. The van der Waals surface area contributed by atoms with Gasteiger partial charge in [-0.05, 0) is 29.7 Å². The zero-order valence-electron chi connectivity index (χ0n) is 12.3. The lowest BCUT2D eigenvalue weighted by Crippen LogP contribution is -2.68. The van der Waals surface area contributed by atoms with Crippen molar-refractivity contribution < 1.29 is 14.9 Å². The average molecular weight is 308 g/mol. The Morgan fingerprint density at radius 3 is 2.70 bits per heavy atom. The zero-order valence-corrected chi connectivity index (χ0v) is 12.3. The molecule has 23 heavy (non-hydrogen) atoms. The minimum Gasteiger partial charge on any atom is -0.570 e. The van der Waals surface area contributed by atoms with Crippen LogP contribution >= 0.6 is 0 Å². The van der Waals surface area contributed by atoms with Crippen molar-refractivity contribution in [2.45, 2.75) is 12.5 Å². The Labute approximate surface area is 133 Å². The topological polar surface area (TPSA) is 85.2 Å². The number of carbonyl (C=O) groups is 1. The molecule has 0 radical (unpaired) electrons. The van der Waals surface area contributed by atoms with Gasteiger partial charge in [0.25, 0.3) is 0 Å². The number of carbonyl (C=O) groups excluding carboxylic acids is 1. The number of hydrazone groups is 1. The molecule has 2 aliphatic heterocycles. The van der Waals surface area contributed by atoms with Crippen molar-refractivity contribution in [1.82, 2.24) is 10.1 Å². The molecule has 6 nitrogen and oxygen atoms in total. The number of phenolic OH excluding ortho intramolecular Hbond substituents is 1. The van der Waals surface area contributed by atoms with E-state index < -0.39 is 12.7 Å². The highest BCUT2D eigenvalue weighted by molar-refractivity contribution is 6.85. The fourth-order valence-corrected chi connectivity index (χ4v) is 3.27. The third kappa shape index (κ3) is 2.13. The second-order valence-electron chi connectivity index (χ2n) is 5.92. The highest BCUT2D eigenvalue weighted by Gasteiger charge is 2.48. The van der Waals surface area contributed by atoms with E-state index >= 15 is 0 Å². The molecule has 1 saturated heterocycles. The minimum atomic E-state index is -2.39. The molecule has 2 aromatic carbocycles. The van der Waals surface area contributed by atoms with Crippen molar-refractivity contribution in [1.29, 1.82) is 0 Å². The number of rotatable bonds is 2. The molecule has 0 unspecified atom stereocenters. The zero-order chi connectivity index (χ0) is 16.0. The Morgan fingerprint density at radius 1 is 1.17 bits per heavy atom. The summed E-state index contributed by atoms with van der Waals surface area (Å²) in [5.74, 6) is -0.0791. The number of benzene rings is 2. The van der Waals surface area contributed by atoms with Crippen molar-refractivity contribution in [3.8, 4) is 5.75 Å². The van der Waals surface area contributed by atoms with Gasteiger partial charge in [0, 0.05) is 6.21 Å². The summed E-state index contributed by atoms with van der Waals surface area (Å²) in [6, 6.07) is 13.5. The molecule has 0 aromatic heterocycles. The Morgan fingerprint density at radius 2 is 1.91 bits per heavy atom. The van der Waals surface area contributed by atoms with Crippen LogP contribution in [0, 0.1) is 0 Å². The van der Waals surface area contributed by atoms with E-state index in [-0.39, 0.29) is 11.7 Å². The van der Waals surface area contributed by atoms with Gasteiger partial charge in [-0.15, -0.1) is 5.46 Å². The van der Waals surface area contributed by atoms with Crippen LogP contribution in [-0.2, 0) is 11.2 Å². The molecule has 0 bridgehead atoms. The summed E-state index contributed by atoms with van der Waals surface area (Å²) in [7, 11) is 0. The molecule has 2 atom stereocenters. The third-order valence-electron chi connectivity index (χ3n) is 4.44. The molecule has 0 saturated carbocycles. The van der Waals surface area contributed by atoms with Crippen LogP contribution in [0.2, 0.25) is 0 Å². The van der Waals surface area contributed by atoms with Gasteiger partial charge in [0.1, 0.15) is 5.75 Å². The molecule has 2 heterocycles. The molecule has 2 aliphatic rings. The van der Waals surface area contributed by atoms with Crippen LogP contribution in [0.5, 0.6) is 5.75 Å². The second-order valence-corrected chi connectivity index (χ2v) is 5.92. The first kappa shape index (κ1) is 14.0. The Kier molecular flexibility index (Phi) is 3.00. The van der Waals surface area contributed by atoms with E-state index in [0.29, 0.717) is 11.9 Å². The van der Waals surface area contributed by atoms with Gasteiger partial charge in [0.05, 0.1) is 6.04 Å². The standard InChI is InChI=1S/C16H15BN3O3/c21-13-7-5-11(6-8-13)9-15-16(22)20-17(23,19-15)14-4-2-1-3-12(14)10-18-20/h1-8,10,15,19,21,23H,9H2/q-1/t15-,17+/m0/s1. The van der Waals surface area contributed by atoms with Gasteiger partial charge in [-0.25, -0.2) is 5.10 Å². The normalized spacial score (nSPS) is 25.3. The second kappa shape index (κ2) is 4.94. The van der Waals surface area contributed by atoms with Gasteiger partial charge >= 0.3 is 6.62 Å².